The van der Waals surface area contributed by atoms with E-state index in [2.05, 4.69) is 10.4 Å². The summed E-state index contributed by atoms with van der Waals surface area (Å²) in [5, 5.41) is 6.56. The second-order valence-electron chi connectivity index (χ2n) is 7.20. The lowest BCUT2D eigenvalue weighted by molar-refractivity contribution is -0.157. The van der Waals surface area contributed by atoms with Crippen molar-refractivity contribution in [1.82, 2.24) is 14.1 Å². The molecule has 0 bridgehead atoms. The van der Waals surface area contributed by atoms with E-state index in [4.69, 9.17) is 4.74 Å². The van der Waals surface area contributed by atoms with Crippen LogP contribution < -0.4 is 5.32 Å². The summed E-state index contributed by atoms with van der Waals surface area (Å²) in [4.78, 5) is 24.0. The number of carbonyl (C=O) groups is 2. The fourth-order valence-electron chi connectivity index (χ4n) is 2.10. The third-order valence-electron chi connectivity index (χ3n) is 3.67. The van der Waals surface area contributed by atoms with Crippen LogP contribution in [0.3, 0.4) is 0 Å². The van der Waals surface area contributed by atoms with E-state index >= 15 is 0 Å². The number of rotatable bonds is 7. The Kier molecular flexibility index (Phi) is 6.57. The van der Waals surface area contributed by atoms with Crippen LogP contribution in [0.1, 0.15) is 20.8 Å². The topological polar surface area (TPSA) is 111 Å². The SMILES string of the molecule is CN(CC(=O)Nc1cnn(COC(=O)C(C)(C)C)c1)S(=O)(=O)c1ccccc1. The van der Waals surface area contributed by atoms with Gasteiger partial charge >= 0.3 is 5.97 Å². The number of nitrogens with one attached hydrogen (secondary N) is 1. The summed E-state index contributed by atoms with van der Waals surface area (Å²) in [5.74, 6) is -0.894. The fourth-order valence-corrected chi connectivity index (χ4v) is 3.25. The highest BCUT2D eigenvalue weighted by Crippen LogP contribution is 2.16. The molecule has 0 atom stereocenters. The average molecular weight is 408 g/mol. The zero-order valence-corrected chi connectivity index (χ0v) is 17.1. The van der Waals surface area contributed by atoms with E-state index in [1.165, 1.54) is 36.3 Å². The van der Waals surface area contributed by atoms with Crippen molar-refractivity contribution >= 4 is 27.6 Å². The van der Waals surface area contributed by atoms with Crippen molar-refractivity contribution in [2.24, 2.45) is 5.41 Å². The maximum Gasteiger partial charge on any atom is 0.313 e. The lowest BCUT2D eigenvalue weighted by atomic mass is 9.98. The molecule has 0 aliphatic heterocycles. The number of sulfonamides is 1. The Morgan fingerprint density at radius 3 is 2.46 bits per heavy atom. The van der Waals surface area contributed by atoms with Crippen LogP contribution in [0.25, 0.3) is 0 Å². The molecule has 28 heavy (non-hydrogen) atoms. The van der Waals surface area contributed by atoms with Gasteiger partial charge in [-0.25, -0.2) is 13.1 Å². The van der Waals surface area contributed by atoms with Crippen LogP contribution in [0.4, 0.5) is 5.69 Å². The van der Waals surface area contributed by atoms with Gasteiger partial charge in [0.05, 0.1) is 34.9 Å². The first-order valence-electron chi connectivity index (χ1n) is 8.51. The molecule has 1 N–H and O–H groups in total. The Morgan fingerprint density at radius 2 is 1.86 bits per heavy atom. The minimum Gasteiger partial charge on any atom is -0.442 e. The van der Waals surface area contributed by atoms with Crippen molar-refractivity contribution in [3.05, 3.63) is 42.7 Å². The van der Waals surface area contributed by atoms with Crippen molar-refractivity contribution in [2.45, 2.75) is 32.4 Å². The molecule has 2 rings (SSSR count). The van der Waals surface area contributed by atoms with E-state index in [1.54, 1.807) is 39.0 Å². The Hall–Kier alpha value is -2.72. The van der Waals surface area contributed by atoms with E-state index in [9.17, 15) is 18.0 Å². The third kappa shape index (κ3) is 5.64. The first kappa shape index (κ1) is 21.6. The van der Waals surface area contributed by atoms with Gasteiger partial charge in [-0.3, -0.25) is 9.59 Å². The number of anilines is 1. The van der Waals surface area contributed by atoms with Crippen LogP contribution in [0.15, 0.2) is 47.6 Å². The van der Waals surface area contributed by atoms with E-state index < -0.39 is 21.3 Å². The molecule has 1 amide bonds. The highest BCUT2D eigenvalue weighted by molar-refractivity contribution is 7.89. The normalized spacial score (nSPS) is 12.0. The molecule has 0 aliphatic carbocycles. The van der Waals surface area contributed by atoms with Crippen LogP contribution >= 0.6 is 0 Å². The first-order chi connectivity index (χ1) is 13.0. The van der Waals surface area contributed by atoms with Gasteiger partial charge in [0, 0.05) is 7.05 Å². The quantitative estimate of drug-likeness (QED) is 0.698. The van der Waals surface area contributed by atoms with Gasteiger partial charge in [-0.2, -0.15) is 9.40 Å². The number of nitrogens with zero attached hydrogens (tertiary/aromatic N) is 3. The zero-order chi connectivity index (χ0) is 20.9. The predicted octanol–water partition coefficient (Wildman–Crippen LogP) is 1.69. The van der Waals surface area contributed by atoms with E-state index in [0.717, 1.165) is 4.31 Å². The van der Waals surface area contributed by atoms with E-state index in [0.29, 0.717) is 5.69 Å². The molecule has 0 saturated carbocycles. The molecular formula is C18H24N4O5S. The number of hydrogen-bond acceptors (Lipinski definition) is 6. The van der Waals surface area contributed by atoms with Crippen molar-refractivity contribution in [2.75, 3.05) is 18.9 Å². The highest BCUT2D eigenvalue weighted by Gasteiger charge is 2.24. The molecule has 152 valence electrons. The number of benzene rings is 1. The van der Waals surface area contributed by atoms with E-state index in [1.807, 2.05) is 0 Å². The summed E-state index contributed by atoms with van der Waals surface area (Å²) in [5.41, 5.74) is -0.263. The van der Waals surface area contributed by atoms with Crippen molar-refractivity contribution in [3.63, 3.8) is 0 Å². The summed E-state index contributed by atoms with van der Waals surface area (Å²) in [6, 6.07) is 7.87. The Balaban J connectivity index is 1.91. The van der Waals surface area contributed by atoms with Crippen LogP contribution in [0, 0.1) is 5.41 Å². The van der Waals surface area contributed by atoms with Crippen molar-refractivity contribution in [3.8, 4) is 0 Å². The molecule has 0 saturated heterocycles. The van der Waals surface area contributed by atoms with Crippen molar-refractivity contribution < 1.29 is 22.7 Å². The summed E-state index contributed by atoms with van der Waals surface area (Å²) in [6.45, 7) is 4.77. The summed E-state index contributed by atoms with van der Waals surface area (Å²) in [6.07, 6.45) is 2.87. The molecule has 0 spiro atoms. The van der Waals surface area contributed by atoms with E-state index in [-0.39, 0.29) is 24.1 Å². The van der Waals surface area contributed by atoms with Gasteiger partial charge in [-0.05, 0) is 32.9 Å². The number of carbonyl (C=O) groups excluding carboxylic acids is 2. The number of esters is 1. The summed E-state index contributed by atoms with van der Waals surface area (Å²) < 4.78 is 32.3. The Bertz CT molecular complexity index is 932. The maximum absolute atomic E-state index is 12.4. The van der Waals surface area contributed by atoms with Gasteiger partial charge < -0.3 is 10.1 Å². The Morgan fingerprint density at radius 1 is 1.21 bits per heavy atom. The number of aromatic nitrogens is 2. The summed E-state index contributed by atoms with van der Waals surface area (Å²) >= 11 is 0. The maximum atomic E-state index is 12.4. The largest absolute Gasteiger partial charge is 0.442 e. The van der Waals surface area contributed by atoms with Gasteiger partial charge in [0.1, 0.15) is 0 Å². The number of likely N-dealkylation sites (N-methyl/N-ethyl adjacent to an activating group) is 1. The lowest BCUT2D eigenvalue weighted by Gasteiger charge is -2.16. The molecule has 0 radical (unpaired) electrons. The smallest absolute Gasteiger partial charge is 0.313 e. The van der Waals surface area contributed by atoms with Gasteiger partial charge in [0.15, 0.2) is 6.73 Å². The number of amides is 1. The predicted molar refractivity (Wildman–Crippen MR) is 103 cm³/mol. The fraction of sp³-hybridized carbons (Fsp3) is 0.389. The van der Waals surface area contributed by atoms with Crippen LogP contribution in [0.2, 0.25) is 0 Å². The standard InChI is InChI=1S/C18H24N4O5S/c1-18(2,3)17(24)27-13-22-11-14(10-19-22)20-16(23)12-21(4)28(25,26)15-8-6-5-7-9-15/h5-11H,12-13H2,1-4H3,(H,20,23). The molecular weight excluding hydrogens is 384 g/mol. The second kappa shape index (κ2) is 8.53. The Labute approximate surface area is 164 Å². The molecule has 1 aromatic carbocycles. The molecule has 1 heterocycles. The average Bonchev–Trinajstić information content (AvgIpc) is 3.06. The molecule has 0 fully saturated rings. The molecule has 2 aromatic rings. The monoisotopic (exact) mass is 408 g/mol. The highest BCUT2D eigenvalue weighted by atomic mass is 32.2. The zero-order valence-electron chi connectivity index (χ0n) is 16.2. The van der Waals surface area contributed by atoms with Gasteiger partial charge in [-0.15, -0.1) is 0 Å². The van der Waals surface area contributed by atoms with Crippen LogP contribution in [0.5, 0.6) is 0 Å². The molecule has 0 aliphatic rings. The summed E-state index contributed by atoms with van der Waals surface area (Å²) in [7, 11) is -2.43. The number of hydrogen-bond donors (Lipinski definition) is 1. The molecule has 0 unspecified atom stereocenters. The molecule has 9 nitrogen and oxygen atoms in total. The minimum absolute atomic E-state index is 0.0890. The number of ether oxygens (including phenoxy) is 1. The van der Waals surface area contributed by atoms with Gasteiger partial charge in [0.2, 0.25) is 15.9 Å². The second-order valence-corrected chi connectivity index (χ2v) is 9.25. The minimum atomic E-state index is -3.76. The third-order valence-corrected chi connectivity index (χ3v) is 5.49. The van der Waals surface area contributed by atoms with Crippen molar-refractivity contribution in [1.29, 1.82) is 0 Å². The van der Waals surface area contributed by atoms with Gasteiger partial charge in [0.25, 0.3) is 0 Å². The van der Waals surface area contributed by atoms with Gasteiger partial charge in [-0.1, -0.05) is 18.2 Å². The van der Waals surface area contributed by atoms with Crippen LogP contribution in [-0.2, 0) is 31.1 Å². The molecule has 1 aromatic heterocycles. The molecule has 10 heteroatoms. The lowest BCUT2D eigenvalue weighted by Crippen LogP contribution is -2.34. The van der Waals surface area contributed by atoms with Crippen LogP contribution in [-0.4, -0.2) is 48.0 Å². The first-order valence-corrected chi connectivity index (χ1v) is 9.95.